The highest BCUT2D eigenvalue weighted by molar-refractivity contribution is 4.92. The van der Waals surface area contributed by atoms with Crippen molar-refractivity contribution in [1.29, 1.82) is 0 Å². The van der Waals surface area contributed by atoms with Crippen LogP contribution in [0.2, 0.25) is 0 Å². The number of hydrogen-bond donors (Lipinski definition) is 0. The normalized spacial score (nSPS) is 11.3. The zero-order chi connectivity index (χ0) is 5.91. The second kappa shape index (κ2) is 2.00. The number of rotatable bonds is 1. The van der Waals surface area contributed by atoms with E-state index < -0.39 is 6.18 Å². The number of alkyl halides is 3. The molecule has 0 amide bonds. The fourth-order valence-corrected chi connectivity index (χ4v) is 0.134. The summed E-state index contributed by atoms with van der Waals surface area (Å²) < 4.78 is 32.8. The van der Waals surface area contributed by atoms with Gasteiger partial charge >= 0.3 is 6.18 Å². The molecule has 0 aliphatic rings. The summed E-state index contributed by atoms with van der Waals surface area (Å²) in [7, 11) is 0. The molecule has 0 aromatic rings. The summed E-state index contributed by atoms with van der Waals surface area (Å²) >= 11 is 0. The molecule has 0 spiro atoms. The first-order valence-electron chi connectivity index (χ1n) is 1.60. The fourth-order valence-electron chi connectivity index (χ4n) is 0.134. The molecule has 0 fully saturated rings. The van der Waals surface area contributed by atoms with Gasteiger partial charge in [-0.05, 0) is 0 Å². The molecular weight excluding hydrogens is 107 g/mol. The Morgan fingerprint density at radius 2 is 1.71 bits per heavy atom. The van der Waals surface area contributed by atoms with Gasteiger partial charge in [-0.15, -0.1) is 6.58 Å². The third-order valence-electron chi connectivity index (χ3n) is 0.307. The molecule has 0 aromatic carbocycles. The first-order valence-corrected chi connectivity index (χ1v) is 1.60. The predicted octanol–water partition coefficient (Wildman–Crippen LogP) is 1.94. The molecule has 0 aliphatic carbocycles. The SMILES string of the molecule is C=C[CH][14C](F)(F)F. The minimum absolute atomic E-state index is 0.0764. The maximum absolute atomic E-state index is 10.9. The number of halogens is 3. The van der Waals surface area contributed by atoms with Gasteiger partial charge in [-0.1, -0.05) is 6.08 Å². The summed E-state index contributed by atoms with van der Waals surface area (Å²) in [5, 5.41) is 0. The van der Waals surface area contributed by atoms with Crippen molar-refractivity contribution in [1.82, 2.24) is 0 Å². The average Bonchev–Trinajstić information content (AvgIpc) is 1.30. The molecule has 0 nitrogen and oxygen atoms in total. The Balaban J connectivity index is 3.34. The summed E-state index contributed by atoms with van der Waals surface area (Å²) in [5.74, 6) is 0. The number of allylic oxidation sites excluding steroid dienone is 1. The second-order valence-corrected chi connectivity index (χ2v) is 0.944. The van der Waals surface area contributed by atoms with E-state index in [1.165, 1.54) is 0 Å². The van der Waals surface area contributed by atoms with Crippen LogP contribution in [-0.4, -0.2) is 6.18 Å². The van der Waals surface area contributed by atoms with Gasteiger partial charge in [0.2, 0.25) is 0 Å². The molecule has 0 N–H and O–H groups in total. The van der Waals surface area contributed by atoms with Crippen LogP contribution in [0.5, 0.6) is 0 Å². The van der Waals surface area contributed by atoms with E-state index in [1.54, 1.807) is 0 Å². The highest BCUT2D eigenvalue weighted by Crippen LogP contribution is 2.17. The summed E-state index contributed by atoms with van der Waals surface area (Å²) in [6.07, 6.45) is -3.41. The summed E-state index contributed by atoms with van der Waals surface area (Å²) in [6.45, 7) is 2.87. The van der Waals surface area contributed by atoms with Crippen LogP contribution in [0.25, 0.3) is 0 Å². The van der Waals surface area contributed by atoms with Crippen molar-refractivity contribution in [2.45, 2.75) is 6.18 Å². The van der Waals surface area contributed by atoms with E-state index >= 15 is 0 Å². The lowest BCUT2D eigenvalue weighted by Gasteiger charge is -1.97. The largest absolute Gasteiger partial charge is 0.396 e. The summed E-state index contributed by atoms with van der Waals surface area (Å²) in [5.41, 5.74) is 0. The molecule has 41 valence electrons. The zero-order valence-electron chi connectivity index (χ0n) is 3.50. The van der Waals surface area contributed by atoms with Crippen LogP contribution in [0.3, 0.4) is 0 Å². The molecule has 0 aliphatic heterocycles. The maximum atomic E-state index is 10.9. The predicted molar refractivity (Wildman–Crippen MR) is 20.6 cm³/mol. The van der Waals surface area contributed by atoms with E-state index in [9.17, 15) is 13.2 Å². The van der Waals surface area contributed by atoms with Gasteiger partial charge in [-0.25, -0.2) is 0 Å². The van der Waals surface area contributed by atoms with Gasteiger partial charge in [0.15, 0.2) is 0 Å². The minimum atomic E-state index is -4.19. The standard InChI is InChI=1S/C4H4F3/c1-2-3-4(5,6)7/h2-3H,1H2/i4+2. The third-order valence-corrected chi connectivity index (χ3v) is 0.307. The van der Waals surface area contributed by atoms with Gasteiger partial charge in [0.25, 0.3) is 0 Å². The van der Waals surface area contributed by atoms with Crippen molar-refractivity contribution in [3.63, 3.8) is 0 Å². The lowest BCUT2D eigenvalue weighted by molar-refractivity contribution is -0.0919. The Labute approximate surface area is 39.6 Å². The summed E-state index contributed by atoms with van der Waals surface area (Å²) in [6, 6.07) is 0. The van der Waals surface area contributed by atoms with E-state index in [2.05, 4.69) is 6.58 Å². The van der Waals surface area contributed by atoms with Crippen molar-refractivity contribution >= 4 is 0 Å². The Kier molecular flexibility index (Phi) is 1.87. The quantitative estimate of drug-likeness (QED) is 0.485. The fraction of sp³-hybridized carbons (Fsp3) is 0.250. The van der Waals surface area contributed by atoms with Crippen LogP contribution in [-0.2, 0) is 0 Å². The smallest absolute Gasteiger partial charge is 0.170 e. The van der Waals surface area contributed by atoms with Crippen molar-refractivity contribution in [3.05, 3.63) is 19.1 Å². The zero-order valence-corrected chi connectivity index (χ0v) is 3.50. The lowest BCUT2D eigenvalue weighted by atomic mass is 10.7. The molecule has 3 heteroatoms. The maximum Gasteiger partial charge on any atom is 0.396 e. The van der Waals surface area contributed by atoms with Crippen molar-refractivity contribution in [3.8, 4) is 0 Å². The molecular formula is C4H4F3. The molecule has 0 aromatic heterocycles. The molecule has 0 heterocycles. The molecule has 0 rings (SSSR count). The van der Waals surface area contributed by atoms with Crippen LogP contribution in [0.15, 0.2) is 12.7 Å². The second-order valence-electron chi connectivity index (χ2n) is 0.944. The van der Waals surface area contributed by atoms with Gasteiger partial charge < -0.3 is 0 Å². The highest BCUT2D eigenvalue weighted by Gasteiger charge is 2.24. The van der Waals surface area contributed by atoms with Crippen LogP contribution < -0.4 is 0 Å². The molecule has 7 heavy (non-hydrogen) atoms. The minimum Gasteiger partial charge on any atom is -0.170 e. The Morgan fingerprint density at radius 3 is 1.71 bits per heavy atom. The van der Waals surface area contributed by atoms with Gasteiger partial charge in [0, 0.05) is 0 Å². The van der Waals surface area contributed by atoms with Crippen LogP contribution >= 0.6 is 0 Å². The van der Waals surface area contributed by atoms with Crippen molar-refractivity contribution in [2.24, 2.45) is 0 Å². The number of hydrogen-bond acceptors (Lipinski definition) is 0. The molecule has 0 saturated carbocycles. The molecule has 1 radical (unpaired) electrons. The van der Waals surface area contributed by atoms with Gasteiger partial charge in [0.1, 0.15) is 0 Å². The Morgan fingerprint density at radius 1 is 1.29 bits per heavy atom. The van der Waals surface area contributed by atoms with Crippen LogP contribution in [0.4, 0.5) is 13.2 Å². The molecule has 0 bridgehead atoms. The first-order chi connectivity index (χ1) is 3.06. The van der Waals surface area contributed by atoms with Gasteiger partial charge in [-0.3, -0.25) is 0 Å². The average molecular weight is 111 g/mol. The van der Waals surface area contributed by atoms with Gasteiger partial charge in [-0.2, -0.15) is 13.2 Å². The first kappa shape index (κ1) is 6.53. The molecule has 0 unspecified atom stereocenters. The van der Waals surface area contributed by atoms with E-state index in [0.717, 1.165) is 0 Å². The van der Waals surface area contributed by atoms with Crippen molar-refractivity contribution in [2.75, 3.05) is 0 Å². The topological polar surface area (TPSA) is 0 Å². The van der Waals surface area contributed by atoms with E-state index in [-0.39, 0.29) is 6.42 Å². The monoisotopic (exact) mass is 111 g/mol. The van der Waals surface area contributed by atoms with Gasteiger partial charge in [0.05, 0.1) is 6.42 Å². The Bertz CT molecular complexity index is 61.8. The highest BCUT2D eigenvalue weighted by atomic mass is 19.6. The Hall–Kier alpha value is -0.470. The lowest BCUT2D eigenvalue weighted by Crippen LogP contribution is -2.04. The third kappa shape index (κ3) is 5.53. The van der Waals surface area contributed by atoms with Crippen molar-refractivity contribution < 1.29 is 13.2 Å². The van der Waals surface area contributed by atoms with E-state index in [4.69, 9.17) is 0 Å². The molecule has 0 atom stereocenters. The van der Waals surface area contributed by atoms with Crippen LogP contribution in [0, 0.1) is 6.42 Å². The summed E-state index contributed by atoms with van der Waals surface area (Å²) in [4.78, 5) is 0. The van der Waals surface area contributed by atoms with E-state index in [1.807, 2.05) is 0 Å². The van der Waals surface area contributed by atoms with Crippen LogP contribution in [0.1, 0.15) is 0 Å². The van der Waals surface area contributed by atoms with E-state index in [0.29, 0.717) is 6.08 Å². The molecule has 0 saturated heterocycles.